The van der Waals surface area contributed by atoms with Crippen LogP contribution in [0.4, 0.5) is 5.69 Å². The first-order valence-corrected chi connectivity index (χ1v) is 11.0. The third-order valence-electron chi connectivity index (χ3n) is 5.47. The summed E-state index contributed by atoms with van der Waals surface area (Å²) in [5, 5.41) is 6.19. The molecular weight excluding hydrogens is 374 g/mol. The first kappa shape index (κ1) is 18.7. The molecule has 0 saturated heterocycles. The Kier molecular flexibility index (Phi) is 4.93. The molecule has 7 heteroatoms. The van der Waals surface area contributed by atoms with Crippen molar-refractivity contribution < 1.29 is 13.2 Å². The number of amides is 1. The molecule has 2 atom stereocenters. The maximum absolute atomic E-state index is 12.5. The number of carbonyl (C=O) groups is 1. The van der Waals surface area contributed by atoms with Crippen LogP contribution in [-0.4, -0.2) is 26.2 Å². The SMILES string of the molecule is CC1CCCCC1NC(=O)c1ccc(NC2=NS(=O)(=O)c3ccccc32)cc1. The summed E-state index contributed by atoms with van der Waals surface area (Å²) in [7, 11) is -3.66. The highest BCUT2D eigenvalue weighted by molar-refractivity contribution is 7.90. The van der Waals surface area contributed by atoms with Crippen LogP contribution in [0.1, 0.15) is 48.5 Å². The number of fused-ring (bicyclic) bond motifs is 1. The van der Waals surface area contributed by atoms with E-state index in [1.54, 1.807) is 48.5 Å². The number of hydrogen-bond donors (Lipinski definition) is 2. The molecule has 2 N–H and O–H groups in total. The van der Waals surface area contributed by atoms with Crippen molar-refractivity contribution in [3.05, 3.63) is 59.7 Å². The number of benzene rings is 2. The number of nitrogens with one attached hydrogen (secondary N) is 2. The van der Waals surface area contributed by atoms with Gasteiger partial charge in [0.1, 0.15) is 4.90 Å². The van der Waals surface area contributed by atoms with Crippen LogP contribution in [0.25, 0.3) is 0 Å². The monoisotopic (exact) mass is 397 g/mol. The molecule has 0 spiro atoms. The summed E-state index contributed by atoms with van der Waals surface area (Å²) in [5.74, 6) is 0.723. The van der Waals surface area contributed by atoms with Crippen LogP contribution < -0.4 is 10.6 Å². The van der Waals surface area contributed by atoms with E-state index >= 15 is 0 Å². The maximum Gasteiger partial charge on any atom is 0.285 e. The van der Waals surface area contributed by atoms with Crippen molar-refractivity contribution in [2.24, 2.45) is 10.3 Å². The molecule has 1 aliphatic heterocycles. The van der Waals surface area contributed by atoms with E-state index in [0.29, 0.717) is 28.6 Å². The first-order valence-electron chi connectivity index (χ1n) is 9.56. The Balaban J connectivity index is 1.46. The molecule has 0 radical (unpaired) electrons. The summed E-state index contributed by atoms with van der Waals surface area (Å²) in [5.41, 5.74) is 1.81. The lowest BCUT2D eigenvalue weighted by Gasteiger charge is -2.29. The number of nitrogens with zero attached hydrogens (tertiary/aromatic N) is 1. The molecule has 2 aliphatic rings. The number of carbonyl (C=O) groups excluding carboxylic acids is 1. The van der Waals surface area contributed by atoms with Gasteiger partial charge in [0.25, 0.3) is 15.9 Å². The van der Waals surface area contributed by atoms with Crippen molar-refractivity contribution in [1.29, 1.82) is 0 Å². The predicted octanol–water partition coefficient (Wildman–Crippen LogP) is 3.56. The van der Waals surface area contributed by atoms with Gasteiger partial charge in [-0.05, 0) is 55.2 Å². The summed E-state index contributed by atoms with van der Waals surface area (Å²) in [4.78, 5) is 12.7. The number of amidine groups is 1. The van der Waals surface area contributed by atoms with Crippen molar-refractivity contribution in [3.63, 3.8) is 0 Å². The molecule has 1 aliphatic carbocycles. The Labute approximate surface area is 165 Å². The molecule has 2 aromatic rings. The number of hydrogen-bond acceptors (Lipinski definition) is 4. The van der Waals surface area contributed by atoms with E-state index in [1.165, 1.54) is 6.42 Å². The maximum atomic E-state index is 12.5. The minimum Gasteiger partial charge on any atom is -0.349 e. The fourth-order valence-electron chi connectivity index (χ4n) is 3.82. The second kappa shape index (κ2) is 7.39. The van der Waals surface area contributed by atoms with E-state index in [1.807, 2.05) is 0 Å². The molecule has 1 amide bonds. The van der Waals surface area contributed by atoms with E-state index in [2.05, 4.69) is 22.0 Å². The van der Waals surface area contributed by atoms with Crippen LogP contribution in [0.3, 0.4) is 0 Å². The summed E-state index contributed by atoms with van der Waals surface area (Å²) < 4.78 is 28.1. The molecule has 2 unspecified atom stereocenters. The summed E-state index contributed by atoms with van der Waals surface area (Å²) in [6, 6.07) is 13.9. The molecule has 1 fully saturated rings. The molecule has 4 rings (SSSR count). The number of anilines is 1. The van der Waals surface area contributed by atoms with Gasteiger partial charge in [0, 0.05) is 22.9 Å². The van der Waals surface area contributed by atoms with Gasteiger partial charge < -0.3 is 10.6 Å². The lowest BCUT2D eigenvalue weighted by atomic mass is 9.86. The zero-order valence-electron chi connectivity index (χ0n) is 15.7. The fourth-order valence-corrected chi connectivity index (χ4v) is 5.00. The summed E-state index contributed by atoms with van der Waals surface area (Å²) in [6.07, 6.45) is 4.57. The Morgan fingerprint density at radius 3 is 2.50 bits per heavy atom. The minimum absolute atomic E-state index is 0.0727. The van der Waals surface area contributed by atoms with Gasteiger partial charge in [-0.1, -0.05) is 31.9 Å². The molecular formula is C21H23N3O3S. The van der Waals surface area contributed by atoms with E-state index in [0.717, 1.165) is 19.3 Å². The lowest BCUT2D eigenvalue weighted by Crippen LogP contribution is -2.41. The molecule has 6 nitrogen and oxygen atoms in total. The van der Waals surface area contributed by atoms with Crippen molar-refractivity contribution in [2.75, 3.05) is 5.32 Å². The topological polar surface area (TPSA) is 87.6 Å². The van der Waals surface area contributed by atoms with Gasteiger partial charge in [0.15, 0.2) is 5.84 Å². The van der Waals surface area contributed by atoms with E-state index < -0.39 is 10.0 Å². The Bertz CT molecular complexity index is 1030. The zero-order valence-corrected chi connectivity index (χ0v) is 16.5. The summed E-state index contributed by atoms with van der Waals surface area (Å²) in [6.45, 7) is 2.19. The third kappa shape index (κ3) is 3.67. The molecule has 28 heavy (non-hydrogen) atoms. The van der Waals surface area contributed by atoms with Gasteiger partial charge in [0.2, 0.25) is 0 Å². The van der Waals surface area contributed by atoms with Crippen molar-refractivity contribution in [3.8, 4) is 0 Å². The van der Waals surface area contributed by atoms with E-state index in [-0.39, 0.29) is 16.8 Å². The van der Waals surface area contributed by atoms with Gasteiger partial charge >= 0.3 is 0 Å². The van der Waals surface area contributed by atoms with Crippen LogP contribution in [0.15, 0.2) is 57.8 Å². The van der Waals surface area contributed by atoms with Gasteiger partial charge in [0.05, 0.1) is 0 Å². The van der Waals surface area contributed by atoms with Crippen molar-refractivity contribution in [1.82, 2.24) is 5.32 Å². The average Bonchev–Trinajstić information content (AvgIpc) is 2.95. The van der Waals surface area contributed by atoms with Gasteiger partial charge in [-0.25, -0.2) is 0 Å². The minimum atomic E-state index is -3.66. The number of rotatable bonds is 3. The smallest absolute Gasteiger partial charge is 0.285 e. The quantitative estimate of drug-likeness (QED) is 0.829. The van der Waals surface area contributed by atoms with Gasteiger partial charge in [-0.3, -0.25) is 4.79 Å². The molecule has 2 aromatic carbocycles. The highest BCUT2D eigenvalue weighted by atomic mass is 32.2. The van der Waals surface area contributed by atoms with Crippen LogP contribution in [0.2, 0.25) is 0 Å². The normalized spacial score (nSPS) is 22.8. The molecule has 1 saturated carbocycles. The van der Waals surface area contributed by atoms with Crippen LogP contribution >= 0.6 is 0 Å². The van der Waals surface area contributed by atoms with Gasteiger partial charge in [-0.15, -0.1) is 4.40 Å². The second-order valence-corrected chi connectivity index (χ2v) is 9.03. The molecule has 146 valence electrons. The summed E-state index contributed by atoms with van der Waals surface area (Å²) >= 11 is 0. The van der Waals surface area contributed by atoms with Crippen LogP contribution in [-0.2, 0) is 10.0 Å². The zero-order chi connectivity index (χ0) is 19.7. The predicted molar refractivity (Wildman–Crippen MR) is 109 cm³/mol. The average molecular weight is 398 g/mol. The second-order valence-electron chi connectivity index (χ2n) is 7.46. The van der Waals surface area contributed by atoms with E-state index in [9.17, 15) is 13.2 Å². The van der Waals surface area contributed by atoms with Crippen LogP contribution in [0.5, 0.6) is 0 Å². The lowest BCUT2D eigenvalue weighted by molar-refractivity contribution is 0.0910. The van der Waals surface area contributed by atoms with Crippen molar-refractivity contribution >= 4 is 27.5 Å². The Morgan fingerprint density at radius 2 is 1.75 bits per heavy atom. The number of sulfonamides is 1. The molecule has 0 bridgehead atoms. The molecule has 1 heterocycles. The third-order valence-corrected chi connectivity index (χ3v) is 6.80. The highest BCUT2D eigenvalue weighted by Gasteiger charge is 2.28. The highest BCUT2D eigenvalue weighted by Crippen LogP contribution is 2.27. The van der Waals surface area contributed by atoms with Crippen molar-refractivity contribution in [2.45, 2.75) is 43.5 Å². The van der Waals surface area contributed by atoms with Crippen LogP contribution in [0, 0.1) is 5.92 Å². The Hall–Kier alpha value is -2.67. The fraction of sp³-hybridized carbons (Fsp3) is 0.333. The first-order chi connectivity index (χ1) is 13.4. The standard InChI is InChI=1S/C21H23N3O3S/c1-14-6-2-4-8-18(14)23-21(25)15-10-12-16(13-11-15)22-20-17-7-3-5-9-19(17)28(26,27)24-20/h3,5,7,9-14,18H,2,4,6,8H2,1H3,(H,22,24)(H,23,25). The van der Waals surface area contributed by atoms with Gasteiger partial charge in [-0.2, -0.15) is 8.42 Å². The Morgan fingerprint density at radius 1 is 1.04 bits per heavy atom. The largest absolute Gasteiger partial charge is 0.349 e. The molecule has 0 aromatic heterocycles. The van der Waals surface area contributed by atoms with E-state index in [4.69, 9.17) is 0 Å².